The van der Waals surface area contributed by atoms with Crippen LogP contribution in [0.25, 0.3) is 0 Å². The highest BCUT2D eigenvalue weighted by Crippen LogP contribution is 2.55. The van der Waals surface area contributed by atoms with Gasteiger partial charge in [-0.3, -0.25) is 0 Å². The maximum atomic E-state index is 8.97. The standard InChI is InChI=1S/C10H11ClO/c11-10(7-12)6-9(10)8-4-2-1-3-5-8/h1-5,9,12H,6-7H2. The van der Waals surface area contributed by atoms with Crippen LogP contribution in [0.4, 0.5) is 0 Å². The van der Waals surface area contributed by atoms with Crippen molar-refractivity contribution in [2.24, 2.45) is 0 Å². The van der Waals surface area contributed by atoms with E-state index >= 15 is 0 Å². The first-order valence-electron chi connectivity index (χ1n) is 4.11. The van der Waals surface area contributed by atoms with Gasteiger partial charge in [-0.15, -0.1) is 11.6 Å². The molecule has 1 aliphatic carbocycles. The molecule has 0 spiro atoms. The van der Waals surface area contributed by atoms with E-state index in [4.69, 9.17) is 16.7 Å². The third-order valence-corrected chi connectivity index (χ3v) is 3.01. The Morgan fingerprint density at radius 1 is 1.42 bits per heavy atom. The van der Waals surface area contributed by atoms with Gasteiger partial charge >= 0.3 is 0 Å². The second-order valence-corrected chi connectivity index (χ2v) is 4.11. The van der Waals surface area contributed by atoms with E-state index in [-0.39, 0.29) is 11.5 Å². The van der Waals surface area contributed by atoms with Gasteiger partial charge in [0.25, 0.3) is 0 Å². The molecular weight excluding hydrogens is 172 g/mol. The second-order valence-electron chi connectivity index (χ2n) is 3.36. The first-order chi connectivity index (χ1) is 5.76. The summed E-state index contributed by atoms with van der Waals surface area (Å²) in [4.78, 5) is -0.360. The molecule has 0 radical (unpaired) electrons. The Balaban J connectivity index is 2.16. The summed E-state index contributed by atoms with van der Waals surface area (Å²) in [5, 5.41) is 8.97. The molecule has 64 valence electrons. The number of aliphatic hydroxyl groups is 1. The Hall–Kier alpha value is -0.530. The van der Waals surface area contributed by atoms with Crippen LogP contribution < -0.4 is 0 Å². The zero-order valence-corrected chi connectivity index (χ0v) is 7.46. The van der Waals surface area contributed by atoms with Gasteiger partial charge in [-0.2, -0.15) is 0 Å². The van der Waals surface area contributed by atoms with E-state index < -0.39 is 0 Å². The van der Waals surface area contributed by atoms with Crippen LogP contribution in [0, 0.1) is 0 Å². The molecule has 0 bridgehead atoms. The SMILES string of the molecule is OCC1(Cl)CC1c1ccccc1. The van der Waals surface area contributed by atoms with Crippen LogP contribution >= 0.6 is 11.6 Å². The number of hydrogen-bond acceptors (Lipinski definition) is 1. The summed E-state index contributed by atoms with van der Waals surface area (Å²) in [6.07, 6.45) is 0.898. The minimum absolute atomic E-state index is 0.0775. The van der Waals surface area contributed by atoms with Gasteiger partial charge in [0.05, 0.1) is 11.5 Å². The molecule has 1 fully saturated rings. The lowest BCUT2D eigenvalue weighted by Gasteiger charge is -2.03. The van der Waals surface area contributed by atoms with E-state index in [1.807, 2.05) is 18.2 Å². The van der Waals surface area contributed by atoms with Crippen molar-refractivity contribution in [1.82, 2.24) is 0 Å². The van der Waals surface area contributed by atoms with Gasteiger partial charge in [-0.05, 0) is 12.0 Å². The van der Waals surface area contributed by atoms with Crippen molar-refractivity contribution in [3.63, 3.8) is 0 Å². The summed E-state index contributed by atoms with van der Waals surface area (Å²) in [5.41, 5.74) is 1.24. The Morgan fingerprint density at radius 2 is 2.08 bits per heavy atom. The average Bonchev–Trinajstić information content (AvgIpc) is 2.81. The Morgan fingerprint density at radius 3 is 2.58 bits per heavy atom. The predicted octanol–water partition coefficient (Wildman–Crippen LogP) is 2.14. The van der Waals surface area contributed by atoms with Gasteiger partial charge in [0.1, 0.15) is 0 Å². The first kappa shape index (κ1) is 8.09. The van der Waals surface area contributed by atoms with E-state index in [9.17, 15) is 0 Å². The van der Waals surface area contributed by atoms with Crippen molar-refractivity contribution in [3.8, 4) is 0 Å². The minimum Gasteiger partial charge on any atom is -0.395 e. The molecule has 1 saturated carbocycles. The zero-order chi connectivity index (χ0) is 8.60. The van der Waals surface area contributed by atoms with Crippen molar-refractivity contribution in [1.29, 1.82) is 0 Å². The molecule has 2 heteroatoms. The maximum absolute atomic E-state index is 8.97. The molecule has 0 amide bonds. The van der Waals surface area contributed by atoms with E-state index in [1.165, 1.54) is 5.56 Å². The highest BCUT2D eigenvalue weighted by Gasteiger charge is 2.53. The van der Waals surface area contributed by atoms with Gasteiger partial charge in [0, 0.05) is 5.92 Å². The topological polar surface area (TPSA) is 20.2 Å². The van der Waals surface area contributed by atoms with Crippen LogP contribution in [0.15, 0.2) is 30.3 Å². The normalized spacial score (nSPS) is 33.3. The number of halogens is 1. The molecule has 2 atom stereocenters. The van der Waals surface area contributed by atoms with Gasteiger partial charge in [-0.25, -0.2) is 0 Å². The fourth-order valence-corrected chi connectivity index (χ4v) is 1.84. The smallest absolute Gasteiger partial charge is 0.0752 e. The lowest BCUT2D eigenvalue weighted by Crippen LogP contribution is -2.07. The molecule has 12 heavy (non-hydrogen) atoms. The first-order valence-corrected chi connectivity index (χ1v) is 4.49. The lowest BCUT2D eigenvalue weighted by molar-refractivity contribution is 0.284. The van der Waals surface area contributed by atoms with Crippen LogP contribution in [0.1, 0.15) is 17.9 Å². The van der Waals surface area contributed by atoms with Crippen molar-refractivity contribution >= 4 is 11.6 Å². The van der Waals surface area contributed by atoms with Crippen molar-refractivity contribution < 1.29 is 5.11 Å². The van der Waals surface area contributed by atoms with Crippen molar-refractivity contribution in [3.05, 3.63) is 35.9 Å². The van der Waals surface area contributed by atoms with E-state index in [1.54, 1.807) is 0 Å². The zero-order valence-electron chi connectivity index (χ0n) is 6.70. The van der Waals surface area contributed by atoms with E-state index in [0.29, 0.717) is 5.92 Å². The highest BCUT2D eigenvalue weighted by atomic mass is 35.5. The fraction of sp³-hybridized carbons (Fsp3) is 0.400. The van der Waals surface area contributed by atoms with Gasteiger partial charge < -0.3 is 5.11 Å². The summed E-state index contributed by atoms with van der Waals surface area (Å²) in [6.45, 7) is 0.0775. The van der Waals surface area contributed by atoms with Crippen LogP contribution in [0.5, 0.6) is 0 Å². The van der Waals surface area contributed by atoms with Crippen LogP contribution in [-0.4, -0.2) is 16.6 Å². The summed E-state index contributed by atoms with van der Waals surface area (Å²) in [6, 6.07) is 10.1. The summed E-state index contributed by atoms with van der Waals surface area (Å²) < 4.78 is 0. The average molecular weight is 183 g/mol. The Labute approximate surface area is 77.0 Å². The minimum atomic E-state index is -0.360. The molecule has 1 aromatic rings. The fourth-order valence-electron chi connectivity index (χ4n) is 1.56. The summed E-state index contributed by atoms with van der Waals surface area (Å²) in [7, 11) is 0. The van der Waals surface area contributed by atoms with Crippen LogP contribution in [0.3, 0.4) is 0 Å². The molecule has 1 nitrogen and oxygen atoms in total. The molecular formula is C10H11ClO. The Kier molecular flexibility index (Phi) is 1.85. The van der Waals surface area contributed by atoms with Gasteiger partial charge in [-0.1, -0.05) is 30.3 Å². The highest BCUT2D eigenvalue weighted by molar-refractivity contribution is 6.27. The number of hydrogen-bond donors (Lipinski definition) is 1. The number of benzene rings is 1. The quantitative estimate of drug-likeness (QED) is 0.695. The summed E-state index contributed by atoms with van der Waals surface area (Å²) in [5.74, 6) is 0.352. The van der Waals surface area contributed by atoms with Crippen molar-refractivity contribution in [2.75, 3.05) is 6.61 Å². The molecule has 0 heterocycles. The molecule has 0 aromatic heterocycles. The van der Waals surface area contributed by atoms with E-state index in [0.717, 1.165) is 6.42 Å². The predicted molar refractivity (Wildman–Crippen MR) is 49.5 cm³/mol. The number of aliphatic hydroxyl groups excluding tert-OH is 1. The second kappa shape index (κ2) is 2.75. The van der Waals surface area contributed by atoms with Gasteiger partial charge in [0.15, 0.2) is 0 Å². The molecule has 1 aromatic carbocycles. The molecule has 2 unspecified atom stereocenters. The maximum Gasteiger partial charge on any atom is 0.0752 e. The third kappa shape index (κ3) is 1.23. The van der Waals surface area contributed by atoms with Crippen LogP contribution in [0.2, 0.25) is 0 Å². The molecule has 1 N–H and O–H groups in total. The third-order valence-electron chi connectivity index (χ3n) is 2.47. The van der Waals surface area contributed by atoms with E-state index in [2.05, 4.69) is 12.1 Å². The lowest BCUT2D eigenvalue weighted by atomic mass is 10.1. The Bertz CT molecular complexity index is 272. The molecule has 0 saturated heterocycles. The largest absolute Gasteiger partial charge is 0.395 e. The van der Waals surface area contributed by atoms with Crippen LogP contribution in [-0.2, 0) is 0 Å². The van der Waals surface area contributed by atoms with Crippen molar-refractivity contribution in [2.45, 2.75) is 17.2 Å². The number of rotatable bonds is 2. The summed E-state index contributed by atoms with van der Waals surface area (Å²) >= 11 is 6.08. The monoisotopic (exact) mass is 182 g/mol. The molecule has 2 rings (SSSR count). The molecule has 1 aliphatic rings. The number of alkyl halides is 1. The van der Waals surface area contributed by atoms with Gasteiger partial charge in [0.2, 0.25) is 0 Å². The molecule has 0 aliphatic heterocycles.